The van der Waals surface area contributed by atoms with E-state index in [0.717, 1.165) is 38.3 Å². The predicted octanol–water partition coefficient (Wildman–Crippen LogP) is 3.03. The third kappa shape index (κ3) is 5.67. The second kappa shape index (κ2) is 8.14. The third-order valence-corrected chi connectivity index (χ3v) is 4.36. The van der Waals surface area contributed by atoms with E-state index in [0.29, 0.717) is 12.1 Å². The van der Waals surface area contributed by atoms with Crippen molar-refractivity contribution in [3.63, 3.8) is 0 Å². The van der Waals surface area contributed by atoms with Crippen LogP contribution < -0.4 is 4.74 Å². The maximum Gasteiger partial charge on any atom is 0.573 e. The molecule has 8 heteroatoms. The van der Waals surface area contributed by atoms with Gasteiger partial charge < -0.3 is 9.64 Å². The monoisotopic (exact) mass is 362 g/mol. The lowest BCUT2D eigenvalue weighted by Gasteiger charge is -2.34. The van der Waals surface area contributed by atoms with Gasteiger partial charge in [0.05, 0.1) is 5.92 Å². The first-order valence-corrected chi connectivity index (χ1v) is 8.18. The van der Waals surface area contributed by atoms with E-state index in [4.69, 9.17) is 0 Å². The maximum absolute atomic E-state index is 14.0. The molecule has 0 unspecified atom stereocenters. The molecule has 0 amide bonds. The van der Waals surface area contributed by atoms with Crippen molar-refractivity contribution in [3.8, 4) is 5.75 Å². The number of ketones is 1. The average molecular weight is 362 g/mol. The Morgan fingerprint density at radius 2 is 1.88 bits per heavy atom. The van der Waals surface area contributed by atoms with Crippen LogP contribution in [0.5, 0.6) is 5.75 Å². The molecule has 25 heavy (non-hydrogen) atoms. The first kappa shape index (κ1) is 19.7. The summed E-state index contributed by atoms with van der Waals surface area (Å²) in [6.45, 7) is 5.49. The van der Waals surface area contributed by atoms with Crippen molar-refractivity contribution < 1.29 is 27.1 Å². The molecule has 2 rings (SSSR count). The fourth-order valence-electron chi connectivity index (χ4n) is 2.87. The van der Waals surface area contributed by atoms with Gasteiger partial charge in [0.15, 0.2) is 11.6 Å². The van der Waals surface area contributed by atoms with E-state index in [2.05, 4.69) is 14.5 Å². The number of hydrogen-bond donors (Lipinski definition) is 0. The van der Waals surface area contributed by atoms with Crippen molar-refractivity contribution in [2.24, 2.45) is 0 Å². The Morgan fingerprint density at radius 1 is 1.24 bits per heavy atom. The summed E-state index contributed by atoms with van der Waals surface area (Å²) in [5.74, 6) is -2.65. The molecule has 1 fully saturated rings. The number of ether oxygens (including phenoxy) is 1. The van der Waals surface area contributed by atoms with Crippen molar-refractivity contribution >= 4 is 5.78 Å². The lowest BCUT2D eigenvalue weighted by Crippen LogP contribution is -2.46. The normalized spacial score (nSPS) is 18.2. The number of carbonyl (C=O) groups excluding carboxylic acids is 1. The largest absolute Gasteiger partial charge is 0.573 e. The van der Waals surface area contributed by atoms with Gasteiger partial charge in [-0.25, -0.2) is 4.39 Å². The Kier molecular flexibility index (Phi) is 6.40. The molecule has 1 aromatic carbocycles. The molecule has 140 valence electrons. The topological polar surface area (TPSA) is 32.8 Å². The molecule has 0 aliphatic carbocycles. The van der Waals surface area contributed by atoms with Crippen LogP contribution in [0.3, 0.4) is 0 Å². The fourth-order valence-corrected chi connectivity index (χ4v) is 2.87. The highest BCUT2D eigenvalue weighted by Gasteiger charge is 2.33. The Bertz CT molecular complexity index is 599. The van der Waals surface area contributed by atoms with Crippen LogP contribution in [0.2, 0.25) is 0 Å². The number of Topliss-reactive ketones (excluding diaryl/α,β-unsaturated/α-hetero) is 1. The van der Waals surface area contributed by atoms with Crippen LogP contribution in [0.15, 0.2) is 18.2 Å². The Hall–Kier alpha value is -1.67. The molecule has 1 saturated heterocycles. The summed E-state index contributed by atoms with van der Waals surface area (Å²) in [6.07, 6.45) is -4.68. The van der Waals surface area contributed by atoms with Gasteiger partial charge in [-0.2, -0.15) is 0 Å². The number of rotatable bonds is 6. The molecule has 1 atom stereocenters. The van der Waals surface area contributed by atoms with Crippen LogP contribution in [0, 0.1) is 5.82 Å². The summed E-state index contributed by atoms with van der Waals surface area (Å²) >= 11 is 0. The van der Waals surface area contributed by atoms with Gasteiger partial charge in [0, 0.05) is 39.1 Å². The highest BCUT2D eigenvalue weighted by atomic mass is 19.4. The zero-order valence-corrected chi connectivity index (χ0v) is 14.3. The van der Waals surface area contributed by atoms with Gasteiger partial charge in [0.2, 0.25) is 0 Å². The van der Waals surface area contributed by atoms with Crippen molar-refractivity contribution in [2.45, 2.75) is 25.6 Å². The van der Waals surface area contributed by atoms with E-state index in [1.54, 1.807) is 6.92 Å². The molecule has 4 nitrogen and oxygen atoms in total. The smallest absolute Gasteiger partial charge is 0.403 e. The zero-order valence-electron chi connectivity index (χ0n) is 14.3. The Balaban J connectivity index is 2.17. The number of alkyl halides is 3. The van der Waals surface area contributed by atoms with Crippen LogP contribution in [0.4, 0.5) is 17.6 Å². The van der Waals surface area contributed by atoms with Gasteiger partial charge in [0.1, 0.15) is 5.78 Å². The van der Waals surface area contributed by atoms with E-state index in [1.165, 1.54) is 6.07 Å². The number of benzene rings is 1. The fraction of sp³-hybridized carbons (Fsp3) is 0.588. The van der Waals surface area contributed by atoms with Gasteiger partial charge in [-0.05, 0) is 24.7 Å². The minimum absolute atomic E-state index is 0.0668. The predicted molar refractivity (Wildman–Crippen MR) is 85.1 cm³/mol. The number of hydrogen-bond acceptors (Lipinski definition) is 4. The van der Waals surface area contributed by atoms with E-state index < -0.39 is 23.8 Å². The van der Waals surface area contributed by atoms with Crippen LogP contribution in [0.25, 0.3) is 0 Å². The SMILES string of the molecule is CCC(=O)[C@@H](CN1CCN(C)CC1)c1ccc(OC(F)(F)F)c(F)c1. The standard InChI is InChI=1S/C17H22F4N2O2/c1-3-15(24)13(11-23-8-6-22(2)7-9-23)12-4-5-16(14(18)10-12)25-17(19,20)21/h4-5,10,13H,3,6-9,11H2,1-2H3/t13-/m0/s1. The first-order chi connectivity index (χ1) is 11.7. The number of piperazine rings is 1. The molecule has 1 heterocycles. The van der Waals surface area contributed by atoms with Gasteiger partial charge in [-0.3, -0.25) is 9.69 Å². The molecule has 0 spiro atoms. The molecule has 0 radical (unpaired) electrons. The minimum Gasteiger partial charge on any atom is -0.403 e. The van der Waals surface area contributed by atoms with Gasteiger partial charge >= 0.3 is 6.36 Å². The summed E-state index contributed by atoms with van der Waals surface area (Å²) in [6, 6.07) is 3.23. The summed E-state index contributed by atoms with van der Waals surface area (Å²) in [4.78, 5) is 16.6. The third-order valence-electron chi connectivity index (χ3n) is 4.36. The molecule has 0 bridgehead atoms. The molecule has 1 aliphatic heterocycles. The quantitative estimate of drug-likeness (QED) is 0.729. The van der Waals surface area contributed by atoms with E-state index in [1.807, 2.05) is 7.05 Å². The molecule has 0 aromatic heterocycles. The van der Waals surface area contributed by atoms with Crippen LogP contribution in [-0.2, 0) is 4.79 Å². The second-order valence-corrected chi connectivity index (χ2v) is 6.21. The van der Waals surface area contributed by atoms with E-state index in [9.17, 15) is 22.4 Å². The molecule has 1 aromatic rings. The summed E-state index contributed by atoms with van der Waals surface area (Å²) in [5, 5.41) is 0. The first-order valence-electron chi connectivity index (χ1n) is 8.18. The van der Waals surface area contributed by atoms with Crippen molar-refractivity contribution in [1.82, 2.24) is 9.80 Å². The molecule has 0 saturated carbocycles. The minimum atomic E-state index is -4.96. The zero-order chi connectivity index (χ0) is 18.6. The molecular formula is C17H22F4N2O2. The highest BCUT2D eigenvalue weighted by Crippen LogP contribution is 2.29. The number of halogens is 4. The Morgan fingerprint density at radius 3 is 2.40 bits per heavy atom. The molecule has 1 aliphatic rings. The van der Waals surface area contributed by atoms with Crippen LogP contribution in [0.1, 0.15) is 24.8 Å². The van der Waals surface area contributed by atoms with E-state index in [-0.39, 0.29) is 12.2 Å². The molecule has 0 N–H and O–H groups in total. The van der Waals surface area contributed by atoms with Gasteiger partial charge in [-0.1, -0.05) is 13.0 Å². The number of carbonyl (C=O) groups is 1. The number of nitrogens with zero attached hydrogens (tertiary/aromatic N) is 2. The summed E-state index contributed by atoms with van der Waals surface area (Å²) in [5.41, 5.74) is 0.373. The van der Waals surface area contributed by atoms with E-state index >= 15 is 0 Å². The van der Waals surface area contributed by atoms with Crippen LogP contribution >= 0.6 is 0 Å². The van der Waals surface area contributed by atoms with Crippen molar-refractivity contribution in [2.75, 3.05) is 39.8 Å². The summed E-state index contributed by atoms with van der Waals surface area (Å²) < 4.78 is 54.4. The second-order valence-electron chi connectivity index (χ2n) is 6.21. The lowest BCUT2D eigenvalue weighted by molar-refractivity contribution is -0.275. The van der Waals surface area contributed by atoms with Crippen molar-refractivity contribution in [1.29, 1.82) is 0 Å². The summed E-state index contributed by atoms with van der Waals surface area (Å²) in [7, 11) is 2.01. The number of likely N-dealkylation sites (N-methyl/N-ethyl adjacent to an activating group) is 1. The van der Waals surface area contributed by atoms with Crippen molar-refractivity contribution in [3.05, 3.63) is 29.6 Å². The highest BCUT2D eigenvalue weighted by molar-refractivity contribution is 5.85. The van der Waals surface area contributed by atoms with Crippen LogP contribution in [-0.4, -0.2) is 61.7 Å². The van der Waals surface area contributed by atoms with Gasteiger partial charge in [-0.15, -0.1) is 13.2 Å². The van der Waals surface area contributed by atoms with Gasteiger partial charge in [0.25, 0.3) is 0 Å². The lowest BCUT2D eigenvalue weighted by atomic mass is 9.92. The molecular weight excluding hydrogens is 340 g/mol. The Labute approximate surface area is 144 Å². The average Bonchev–Trinajstić information content (AvgIpc) is 2.54. The maximum atomic E-state index is 14.0.